The Bertz CT molecular complexity index is 1150. The van der Waals surface area contributed by atoms with Crippen LogP contribution in [0.1, 0.15) is 21.1 Å². The van der Waals surface area contributed by atoms with Crippen molar-refractivity contribution in [2.45, 2.75) is 0 Å². The topological polar surface area (TPSA) is 109 Å². The zero-order valence-corrected chi connectivity index (χ0v) is 15.7. The summed E-state index contributed by atoms with van der Waals surface area (Å²) in [6.07, 6.45) is 2.84. The number of furan rings is 2. The molecule has 10 heteroatoms. The molecule has 0 saturated carbocycles. The number of nitrogens with zero attached hydrogens (tertiary/aromatic N) is 1. The molecule has 0 atom stereocenters. The average molecular weight is 412 g/mol. The molecule has 3 N–H and O–H groups in total. The third-order valence-electron chi connectivity index (χ3n) is 3.58. The van der Waals surface area contributed by atoms with Crippen LogP contribution < -0.4 is 16.0 Å². The van der Waals surface area contributed by atoms with Crippen molar-refractivity contribution in [1.82, 2.24) is 10.3 Å². The summed E-state index contributed by atoms with van der Waals surface area (Å²) in [7, 11) is 0. The van der Waals surface area contributed by atoms with Gasteiger partial charge in [-0.2, -0.15) is 0 Å². The van der Waals surface area contributed by atoms with Gasteiger partial charge in [0.25, 0.3) is 11.8 Å². The Morgan fingerprint density at radius 3 is 2.36 bits per heavy atom. The van der Waals surface area contributed by atoms with Gasteiger partial charge in [-0.05, 0) is 54.7 Å². The molecule has 0 aliphatic rings. The lowest BCUT2D eigenvalue weighted by atomic mass is 10.3. The lowest BCUT2D eigenvalue weighted by molar-refractivity contribution is 0.0949. The SMILES string of the molecule is O=C(NC(=S)Nc1ccc2nc(NC(=O)c3ccco3)sc2c1)c1ccco1. The summed E-state index contributed by atoms with van der Waals surface area (Å²) in [5, 5.41) is 8.75. The zero-order valence-electron chi connectivity index (χ0n) is 14.1. The van der Waals surface area contributed by atoms with E-state index in [-0.39, 0.29) is 22.5 Å². The lowest BCUT2D eigenvalue weighted by Crippen LogP contribution is -2.33. The van der Waals surface area contributed by atoms with Crippen LogP contribution in [0.5, 0.6) is 0 Å². The van der Waals surface area contributed by atoms with E-state index in [0.717, 1.165) is 10.2 Å². The maximum absolute atomic E-state index is 12.0. The number of carbonyl (C=O) groups excluding carboxylic acids is 2. The van der Waals surface area contributed by atoms with Crippen molar-refractivity contribution in [3.63, 3.8) is 0 Å². The fraction of sp³-hybridized carbons (Fsp3) is 0. The summed E-state index contributed by atoms with van der Waals surface area (Å²) in [5.74, 6) is -0.438. The van der Waals surface area contributed by atoms with Crippen LogP contribution in [0.3, 0.4) is 0 Å². The molecule has 0 saturated heterocycles. The number of hydrogen-bond acceptors (Lipinski definition) is 7. The number of hydrogen-bond donors (Lipinski definition) is 3. The Hall–Kier alpha value is -3.50. The van der Waals surface area contributed by atoms with Gasteiger partial charge < -0.3 is 14.2 Å². The lowest BCUT2D eigenvalue weighted by Gasteiger charge is -2.08. The average Bonchev–Trinajstić information content (AvgIpc) is 3.42. The van der Waals surface area contributed by atoms with Gasteiger partial charge in [0.05, 0.1) is 22.7 Å². The first-order valence-electron chi connectivity index (χ1n) is 8.00. The maximum Gasteiger partial charge on any atom is 0.293 e. The number of rotatable bonds is 4. The highest BCUT2D eigenvalue weighted by Gasteiger charge is 2.13. The molecule has 140 valence electrons. The second-order valence-electron chi connectivity index (χ2n) is 5.52. The predicted octanol–water partition coefficient (Wildman–Crippen LogP) is 3.86. The summed E-state index contributed by atoms with van der Waals surface area (Å²) in [6.45, 7) is 0. The van der Waals surface area contributed by atoms with E-state index >= 15 is 0 Å². The number of anilines is 2. The van der Waals surface area contributed by atoms with Gasteiger partial charge in [0.15, 0.2) is 21.8 Å². The van der Waals surface area contributed by atoms with Gasteiger partial charge in [0.1, 0.15) is 0 Å². The molecule has 0 unspecified atom stereocenters. The number of fused-ring (bicyclic) bond motifs is 1. The van der Waals surface area contributed by atoms with Crippen molar-refractivity contribution >= 4 is 61.5 Å². The van der Waals surface area contributed by atoms with Gasteiger partial charge in [-0.3, -0.25) is 20.2 Å². The van der Waals surface area contributed by atoms with E-state index in [0.29, 0.717) is 10.8 Å². The number of aromatic nitrogens is 1. The normalized spacial score (nSPS) is 10.6. The Morgan fingerprint density at radius 2 is 1.68 bits per heavy atom. The molecule has 0 bridgehead atoms. The molecule has 0 aliphatic carbocycles. The summed E-state index contributed by atoms with van der Waals surface area (Å²) < 4.78 is 10.9. The minimum Gasteiger partial charge on any atom is -0.459 e. The van der Waals surface area contributed by atoms with Crippen LogP contribution in [0.2, 0.25) is 0 Å². The minimum atomic E-state index is -0.440. The van der Waals surface area contributed by atoms with Crippen molar-refractivity contribution in [3.05, 3.63) is 66.5 Å². The Labute approximate surface area is 167 Å². The largest absolute Gasteiger partial charge is 0.459 e. The molecule has 0 fully saturated rings. The van der Waals surface area contributed by atoms with Crippen LogP contribution in [-0.2, 0) is 0 Å². The molecular formula is C18H12N4O4S2. The maximum atomic E-state index is 12.0. The summed E-state index contributed by atoms with van der Waals surface area (Å²) >= 11 is 6.46. The highest BCUT2D eigenvalue weighted by Crippen LogP contribution is 2.28. The van der Waals surface area contributed by atoms with Crippen LogP contribution in [-0.4, -0.2) is 21.9 Å². The van der Waals surface area contributed by atoms with E-state index in [2.05, 4.69) is 20.9 Å². The van der Waals surface area contributed by atoms with Crippen molar-refractivity contribution in [2.24, 2.45) is 0 Å². The number of carbonyl (C=O) groups is 2. The molecule has 0 radical (unpaired) electrons. The first-order valence-corrected chi connectivity index (χ1v) is 9.22. The van der Waals surface area contributed by atoms with Crippen molar-refractivity contribution in [1.29, 1.82) is 0 Å². The first-order chi connectivity index (χ1) is 13.6. The summed E-state index contributed by atoms with van der Waals surface area (Å²) in [6, 6.07) is 11.7. The third-order valence-corrected chi connectivity index (χ3v) is 4.72. The molecule has 1 aromatic carbocycles. The van der Waals surface area contributed by atoms with Gasteiger partial charge in [-0.1, -0.05) is 11.3 Å². The van der Waals surface area contributed by atoms with E-state index in [9.17, 15) is 9.59 Å². The molecule has 4 rings (SSSR count). The highest BCUT2D eigenvalue weighted by molar-refractivity contribution is 7.80. The Kier molecular flexibility index (Phi) is 4.87. The van der Waals surface area contributed by atoms with Crippen molar-refractivity contribution < 1.29 is 18.4 Å². The molecule has 4 aromatic rings. The number of nitrogens with one attached hydrogen (secondary N) is 3. The zero-order chi connectivity index (χ0) is 19.5. The molecule has 0 aliphatic heterocycles. The van der Waals surface area contributed by atoms with Gasteiger partial charge >= 0.3 is 0 Å². The first kappa shape index (κ1) is 17.9. The van der Waals surface area contributed by atoms with Crippen LogP contribution in [0.15, 0.2) is 63.8 Å². The smallest absolute Gasteiger partial charge is 0.293 e. The molecule has 28 heavy (non-hydrogen) atoms. The van der Waals surface area contributed by atoms with E-state index in [1.54, 1.807) is 36.4 Å². The van der Waals surface area contributed by atoms with Gasteiger partial charge in [0.2, 0.25) is 0 Å². The quantitative estimate of drug-likeness (QED) is 0.437. The molecule has 8 nitrogen and oxygen atoms in total. The van der Waals surface area contributed by atoms with Crippen molar-refractivity contribution in [2.75, 3.05) is 10.6 Å². The van der Waals surface area contributed by atoms with E-state index in [1.807, 2.05) is 6.07 Å². The van der Waals surface area contributed by atoms with Crippen LogP contribution in [0.25, 0.3) is 10.2 Å². The fourth-order valence-corrected chi connectivity index (χ4v) is 3.47. The molecule has 2 amide bonds. The number of thiocarbonyl (C=S) groups is 1. The van der Waals surface area contributed by atoms with Crippen LogP contribution in [0, 0.1) is 0 Å². The summed E-state index contributed by atoms with van der Waals surface area (Å²) in [5.41, 5.74) is 1.39. The predicted molar refractivity (Wildman–Crippen MR) is 109 cm³/mol. The fourth-order valence-electron chi connectivity index (χ4n) is 2.36. The number of benzene rings is 1. The highest BCUT2D eigenvalue weighted by atomic mass is 32.1. The number of thiazole rings is 1. The standard InChI is InChI=1S/C18H12N4O4S2/c23-15(12-3-1-7-25-12)21-17(27)19-10-5-6-11-14(9-10)28-18(20-11)22-16(24)13-4-2-8-26-13/h1-9H,(H,20,22,24)(H2,19,21,23,27). The second-order valence-corrected chi connectivity index (χ2v) is 6.96. The minimum absolute atomic E-state index is 0.136. The van der Waals surface area contributed by atoms with E-state index in [4.69, 9.17) is 21.1 Å². The van der Waals surface area contributed by atoms with E-state index < -0.39 is 5.91 Å². The number of amides is 2. The van der Waals surface area contributed by atoms with Crippen LogP contribution in [0.4, 0.5) is 10.8 Å². The van der Waals surface area contributed by atoms with Crippen LogP contribution >= 0.6 is 23.6 Å². The van der Waals surface area contributed by atoms with Gasteiger partial charge in [-0.15, -0.1) is 0 Å². The second kappa shape index (κ2) is 7.62. The Balaban J connectivity index is 1.43. The van der Waals surface area contributed by atoms with Gasteiger partial charge in [-0.25, -0.2) is 4.98 Å². The monoisotopic (exact) mass is 412 g/mol. The molecule has 0 spiro atoms. The third kappa shape index (κ3) is 3.92. The molecule has 3 aromatic heterocycles. The molecule has 3 heterocycles. The summed E-state index contributed by atoms with van der Waals surface area (Å²) in [4.78, 5) is 28.4. The van der Waals surface area contributed by atoms with E-state index in [1.165, 1.54) is 23.9 Å². The van der Waals surface area contributed by atoms with Gasteiger partial charge in [0, 0.05) is 5.69 Å². The Morgan fingerprint density at radius 1 is 0.964 bits per heavy atom. The van der Waals surface area contributed by atoms with Crippen molar-refractivity contribution in [3.8, 4) is 0 Å². The molecular weight excluding hydrogens is 400 g/mol.